The zero-order chi connectivity index (χ0) is 65.9. The van der Waals surface area contributed by atoms with E-state index in [1.165, 1.54) is 109 Å². The smallest absolute Gasteiger partial charge is 0.462 e. The Labute approximate surface area is 542 Å². The van der Waals surface area contributed by atoms with Crippen molar-refractivity contribution in [1.82, 2.24) is 0 Å². The number of carbonyl (C=O) groups is 4. The third-order valence-electron chi connectivity index (χ3n) is 15.9. The van der Waals surface area contributed by atoms with Crippen molar-refractivity contribution in [1.29, 1.82) is 0 Å². The van der Waals surface area contributed by atoms with E-state index >= 15 is 0 Å². The van der Waals surface area contributed by atoms with Crippen molar-refractivity contribution in [3.8, 4) is 0 Å². The van der Waals surface area contributed by atoms with Gasteiger partial charge in [-0.3, -0.25) is 37.3 Å². The second-order valence-corrected chi connectivity index (χ2v) is 28.7. The number of hydrogen-bond donors (Lipinski definition) is 3. The molecule has 19 heteroatoms. The maximum absolute atomic E-state index is 13.0. The molecule has 0 saturated heterocycles. The average molecular weight is 1310 g/mol. The first-order chi connectivity index (χ1) is 42.8. The van der Waals surface area contributed by atoms with Gasteiger partial charge in [-0.15, -0.1) is 0 Å². The summed E-state index contributed by atoms with van der Waals surface area (Å²) in [7, 11) is -9.91. The number of aliphatic hydroxyl groups excluding tert-OH is 1. The van der Waals surface area contributed by atoms with Crippen molar-refractivity contribution < 1.29 is 80.2 Å². The lowest BCUT2D eigenvalue weighted by Gasteiger charge is -2.21. The molecule has 3 N–H and O–H groups in total. The summed E-state index contributed by atoms with van der Waals surface area (Å²) >= 11 is 0. The highest BCUT2D eigenvalue weighted by atomic mass is 31.2. The maximum Gasteiger partial charge on any atom is 0.472 e. The molecule has 0 rings (SSSR count). The van der Waals surface area contributed by atoms with Crippen LogP contribution in [-0.2, 0) is 65.4 Å². The lowest BCUT2D eigenvalue weighted by molar-refractivity contribution is -0.161. The molecule has 0 bridgehead atoms. The van der Waals surface area contributed by atoms with Gasteiger partial charge in [0, 0.05) is 25.7 Å². The van der Waals surface area contributed by atoms with Gasteiger partial charge in [-0.1, -0.05) is 272 Å². The first kappa shape index (κ1) is 86.5. The summed E-state index contributed by atoms with van der Waals surface area (Å²) in [5, 5.41) is 10.6. The highest BCUT2D eigenvalue weighted by molar-refractivity contribution is 7.47. The minimum absolute atomic E-state index is 0.0835. The van der Waals surface area contributed by atoms with Crippen LogP contribution in [0.25, 0.3) is 0 Å². The molecule has 0 amide bonds. The van der Waals surface area contributed by atoms with Gasteiger partial charge in [-0.25, -0.2) is 9.13 Å². The Hall–Kier alpha value is -2.46. The van der Waals surface area contributed by atoms with Crippen LogP contribution in [0.2, 0.25) is 0 Å². The zero-order valence-corrected chi connectivity index (χ0v) is 59.2. The Bertz CT molecular complexity index is 1840. The fourth-order valence-electron chi connectivity index (χ4n) is 9.97. The molecule has 89 heavy (non-hydrogen) atoms. The number of hydrogen-bond acceptors (Lipinski definition) is 15. The fraction of sp³-hybridized carbons (Fsp3) is 0.886. The first-order valence-electron chi connectivity index (χ1n) is 35.7. The van der Waals surface area contributed by atoms with Crippen LogP contribution in [0, 0.1) is 17.8 Å². The molecule has 0 heterocycles. The van der Waals surface area contributed by atoms with Crippen molar-refractivity contribution in [3.63, 3.8) is 0 Å². The van der Waals surface area contributed by atoms with E-state index in [1.807, 2.05) is 0 Å². The number of phosphoric acid groups is 2. The molecule has 0 aliphatic carbocycles. The number of unbranched alkanes of at least 4 members (excludes halogenated alkanes) is 30. The van der Waals surface area contributed by atoms with Gasteiger partial charge >= 0.3 is 39.5 Å². The van der Waals surface area contributed by atoms with Gasteiger partial charge in [-0.2, -0.15) is 0 Å². The summed E-state index contributed by atoms with van der Waals surface area (Å²) in [4.78, 5) is 72.5. The van der Waals surface area contributed by atoms with E-state index in [2.05, 4.69) is 72.8 Å². The SMILES string of the molecule is CCCCCC/C=C\C=C/CCCCCCCC(=O)O[C@H](COC(=O)CCCCCCCCC(C)CC)COP(=O)(O)OC[C@@H](O)COP(=O)(O)OC[C@@H](COC(=O)CCCCCCCCC(C)C)OC(=O)CCCCCCCCCCCCCCC(C)C. The van der Waals surface area contributed by atoms with Crippen LogP contribution in [0.4, 0.5) is 0 Å². The molecule has 3 unspecified atom stereocenters. The molecule has 0 aromatic heterocycles. The summed E-state index contributed by atoms with van der Waals surface area (Å²) in [5.41, 5.74) is 0. The van der Waals surface area contributed by atoms with Gasteiger partial charge in [0.2, 0.25) is 0 Å². The summed E-state index contributed by atoms with van der Waals surface area (Å²) in [6, 6.07) is 0. The number of esters is 4. The maximum atomic E-state index is 13.0. The van der Waals surface area contributed by atoms with E-state index in [-0.39, 0.29) is 25.7 Å². The Morgan fingerprint density at radius 1 is 0.371 bits per heavy atom. The molecular weight excluding hydrogens is 1170 g/mol. The second-order valence-electron chi connectivity index (χ2n) is 25.8. The molecule has 0 saturated carbocycles. The van der Waals surface area contributed by atoms with E-state index in [4.69, 9.17) is 37.0 Å². The molecule has 0 aromatic rings. The van der Waals surface area contributed by atoms with Crippen LogP contribution in [0.3, 0.4) is 0 Å². The molecule has 17 nitrogen and oxygen atoms in total. The number of rotatable bonds is 66. The van der Waals surface area contributed by atoms with Gasteiger partial charge in [0.15, 0.2) is 12.2 Å². The summed E-state index contributed by atoms with van der Waals surface area (Å²) in [5.74, 6) is 0.0198. The highest BCUT2D eigenvalue weighted by Crippen LogP contribution is 2.45. The van der Waals surface area contributed by atoms with Gasteiger partial charge in [0.1, 0.15) is 19.3 Å². The Morgan fingerprint density at radius 2 is 0.663 bits per heavy atom. The van der Waals surface area contributed by atoms with Gasteiger partial charge in [0.05, 0.1) is 26.4 Å². The number of ether oxygens (including phenoxy) is 4. The first-order valence-corrected chi connectivity index (χ1v) is 38.7. The molecule has 0 radical (unpaired) electrons. The van der Waals surface area contributed by atoms with Crippen molar-refractivity contribution in [3.05, 3.63) is 24.3 Å². The van der Waals surface area contributed by atoms with E-state index < -0.39 is 97.5 Å². The summed E-state index contributed by atoms with van der Waals surface area (Å²) < 4.78 is 68.2. The monoisotopic (exact) mass is 1310 g/mol. The molecule has 0 fully saturated rings. The normalized spacial score (nSPS) is 14.7. The predicted octanol–water partition coefficient (Wildman–Crippen LogP) is 19.4. The van der Waals surface area contributed by atoms with Crippen LogP contribution in [0.15, 0.2) is 24.3 Å². The minimum Gasteiger partial charge on any atom is -0.462 e. The van der Waals surface area contributed by atoms with Crippen molar-refractivity contribution in [2.75, 3.05) is 39.6 Å². The van der Waals surface area contributed by atoms with E-state index in [1.54, 1.807) is 0 Å². The van der Waals surface area contributed by atoms with Crippen molar-refractivity contribution >= 4 is 39.5 Å². The zero-order valence-electron chi connectivity index (χ0n) is 57.4. The standard InChI is InChI=1S/C70H132O17P2/c1-8-10-11-12-13-14-15-16-17-18-22-25-28-39-46-53-69(74)87-66(58-81-68(73)52-45-38-33-31-36-43-50-63(7)9-2)60-85-89(78,79)83-56-64(71)55-82-88(76,77)84-59-65(57-80-67(72)51-44-37-32-30-35-42-49-62(5)6)86-70(75)54-47-40-29-26-23-20-19-21-24-27-34-41-48-61(3)4/h14-17,61-66,71H,8-13,18-60H2,1-7H3,(H,76,77)(H,78,79)/b15-14-,17-16-/t63?,64-,65+,66+/m0/s1. The topological polar surface area (TPSA) is 237 Å². The predicted molar refractivity (Wildman–Crippen MR) is 358 cm³/mol. The molecule has 6 atom stereocenters. The summed E-state index contributed by atoms with van der Waals surface area (Å²) in [6.07, 6.45) is 46.8. The van der Waals surface area contributed by atoms with Gasteiger partial charge in [-0.05, 0) is 69.1 Å². The third-order valence-corrected chi connectivity index (χ3v) is 17.8. The molecule has 524 valence electrons. The Kier molecular flexibility index (Phi) is 58.8. The van der Waals surface area contributed by atoms with Crippen LogP contribution < -0.4 is 0 Å². The molecule has 0 aliphatic heterocycles. The van der Waals surface area contributed by atoms with Crippen molar-refractivity contribution in [2.24, 2.45) is 17.8 Å². The molecule has 0 aliphatic rings. The lowest BCUT2D eigenvalue weighted by atomic mass is 10.00. The quantitative estimate of drug-likeness (QED) is 0.0169. The van der Waals surface area contributed by atoms with Crippen LogP contribution >= 0.6 is 15.6 Å². The third kappa shape index (κ3) is 62.7. The van der Waals surface area contributed by atoms with Crippen LogP contribution in [-0.4, -0.2) is 96.7 Å². The second kappa shape index (κ2) is 60.5. The fourth-order valence-corrected chi connectivity index (χ4v) is 11.5. The minimum atomic E-state index is -4.96. The van der Waals surface area contributed by atoms with Crippen molar-refractivity contribution in [2.45, 2.75) is 343 Å². The largest absolute Gasteiger partial charge is 0.472 e. The van der Waals surface area contributed by atoms with Gasteiger partial charge in [0.25, 0.3) is 0 Å². The number of aliphatic hydroxyl groups is 1. The highest BCUT2D eigenvalue weighted by Gasteiger charge is 2.30. The Morgan fingerprint density at radius 3 is 1.00 bits per heavy atom. The molecule has 0 aromatic carbocycles. The lowest BCUT2D eigenvalue weighted by Crippen LogP contribution is -2.30. The van der Waals surface area contributed by atoms with E-state index in [0.717, 1.165) is 127 Å². The van der Waals surface area contributed by atoms with Gasteiger partial charge < -0.3 is 33.8 Å². The van der Waals surface area contributed by atoms with Crippen LogP contribution in [0.1, 0.15) is 325 Å². The molecule has 0 spiro atoms. The number of carbonyl (C=O) groups excluding carboxylic acids is 4. The summed E-state index contributed by atoms with van der Waals surface area (Å²) in [6.45, 7) is 11.7. The Balaban J connectivity index is 5.27. The van der Waals surface area contributed by atoms with Crippen LogP contribution in [0.5, 0.6) is 0 Å². The number of allylic oxidation sites excluding steroid dienone is 4. The van der Waals surface area contributed by atoms with E-state index in [9.17, 15) is 43.2 Å². The molecular formula is C70H132O17P2. The average Bonchev–Trinajstić information content (AvgIpc) is 3.55. The number of phosphoric ester groups is 2. The van der Waals surface area contributed by atoms with E-state index in [0.29, 0.717) is 31.6 Å².